The molecule has 0 aliphatic carbocycles. The summed E-state index contributed by atoms with van der Waals surface area (Å²) in [6, 6.07) is 9.61. The van der Waals surface area contributed by atoms with Crippen molar-refractivity contribution >= 4 is 24.3 Å². The Balaban J connectivity index is 0.00000261. The number of hydrogen-bond acceptors (Lipinski definition) is 5. The van der Waals surface area contributed by atoms with Crippen LogP contribution in [-0.4, -0.2) is 49.2 Å². The first kappa shape index (κ1) is 21.7. The van der Waals surface area contributed by atoms with Crippen molar-refractivity contribution in [3.8, 4) is 0 Å². The number of nitrogens with zero attached hydrogens (tertiary/aromatic N) is 1. The molecule has 1 aromatic carbocycles. The Morgan fingerprint density at radius 2 is 1.93 bits per heavy atom. The molecule has 150 valence electrons. The number of esters is 1. The number of halogens is 1. The number of piperidine rings is 2. The van der Waals surface area contributed by atoms with Gasteiger partial charge in [0.2, 0.25) is 5.91 Å². The number of carbonyl (C=O) groups excluding carboxylic acids is 2. The molecule has 0 aromatic heterocycles. The second-order valence-corrected chi connectivity index (χ2v) is 7.10. The predicted octanol–water partition coefficient (Wildman–Crippen LogP) is 2.18. The van der Waals surface area contributed by atoms with E-state index in [9.17, 15) is 9.59 Å². The molecule has 0 bridgehead atoms. The van der Waals surface area contributed by atoms with Crippen molar-refractivity contribution < 1.29 is 14.3 Å². The zero-order chi connectivity index (χ0) is 18.4. The van der Waals surface area contributed by atoms with Crippen molar-refractivity contribution in [2.45, 2.75) is 50.5 Å². The molecule has 2 saturated heterocycles. The molecule has 1 aromatic rings. The summed E-state index contributed by atoms with van der Waals surface area (Å²) in [5, 5.41) is 5.15. The monoisotopic (exact) mass is 395 g/mol. The zero-order valence-electron chi connectivity index (χ0n) is 15.9. The smallest absolute Gasteiger partial charge is 0.325 e. The van der Waals surface area contributed by atoms with Crippen molar-refractivity contribution in [2.75, 3.05) is 26.2 Å². The molecule has 2 N–H and O–H groups in total. The molecule has 1 unspecified atom stereocenters. The van der Waals surface area contributed by atoms with Crippen LogP contribution in [-0.2, 0) is 19.7 Å². The van der Waals surface area contributed by atoms with Crippen LogP contribution in [0, 0.1) is 0 Å². The first-order valence-corrected chi connectivity index (χ1v) is 9.68. The summed E-state index contributed by atoms with van der Waals surface area (Å²) in [6.07, 6.45) is 4.17. The van der Waals surface area contributed by atoms with Crippen LogP contribution < -0.4 is 10.7 Å². The number of hydrogen-bond donors (Lipinski definition) is 2. The van der Waals surface area contributed by atoms with Crippen LogP contribution in [0.1, 0.15) is 44.6 Å². The summed E-state index contributed by atoms with van der Waals surface area (Å²) >= 11 is 0. The number of rotatable bonds is 5. The molecule has 1 amide bonds. The number of ether oxygens (including phenoxy) is 1. The molecule has 2 heterocycles. The van der Waals surface area contributed by atoms with Crippen molar-refractivity contribution in [2.24, 2.45) is 0 Å². The van der Waals surface area contributed by atoms with Crippen molar-refractivity contribution in [3.05, 3.63) is 35.9 Å². The van der Waals surface area contributed by atoms with E-state index in [1.165, 1.54) is 0 Å². The Hall–Kier alpha value is -1.63. The lowest BCUT2D eigenvalue weighted by Gasteiger charge is -2.40. The fourth-order valence-corrected chi connectivity index (χ4v) is 4.04. The summed E-state index contributed by atoms with van der Waals surface area (Å²) < 4.78 is 5.21. The quantitative estimate of drug-likeness (QED) is 0.748. The Kier molecular flexibility index (Phi) is 8.07. The van der Waals surface area contributed by atoms with Gasteiger partial charge in [0, 0.05) is 6.54 Å². The van der Waals surface area contributed by atoms with Crippen LogP contribution in [0.25, 0.3) is 0 Å². The fraction of sp³-hybridized carbons (Fsp3) is 0.600. The SMILES string of the molecule is CCOC(=O)C1CCCCN1NC(=O)C1(c2ccccc2)CCNCC1.Cl. The summed E-state index contributed by atoms with van der Waals surface area (Å²) in [5.74, 6) is -0.257. The Labute approximate surface area is 167 Å². The lowest BCUT2D eigenvalue weighted by molar-refractivity contribution is -0.154. The van der Waals surface area contributed by atoms with E-state index < -0.39 is 5.41 Å². The zero-order valence-corrected chi connectivity index (χ0v) is 16.7. The molecule has 3 rings (SSSR count). The van der Waals surface area contributed by atoms with Crippen LogP contribution in [0.3, 0.4) is 0 Å². The molecular weight excluding hydrogens is 366 g/mol. The third-order valence-electron chi connectivity index (χ3n) is 5.52. The van der Waals surface area contributed by atoms with E-state index in [1.807, 2.05) is 37.3 Å². The highest BCUT2D eigenvalue weighted by Gasteiger charge is 2.43. The minimum absolute atomic E-state index is 0. The second kappa shape index (κ2) is 10.1. The maximum Gasteiger partial charge on any atom is 0.325 e. The Morgan fingerprint density at radius 3 is 2.59 bits per heavy atom. The summed E-state index contributed by atoms with van der Waals surface area (Å²) in [5.41, 5.74) is 3.58. The fourth-order valence-electron chi connectivity index (χ4n) is 4.04. The van der Waals surface area contributed by atoms with E-state index in [4.69, 9.17) is 4.74 Å². The van der Waals surface area contributed by atoms with E-state index in [0.29, 0.717) is 13.2 Å². The normalized spacial score (nSPS) is 22.3. The average Bonchev–Trinajstić information content (AvgIpc) is 2.69. The van der Waals surface area contributed by atoms with Gasteiger partial charge in [-0.1, -0.05) is 30.3 Å². The van der Waals surface area contributed by atoms with E-state index in [2.05, 4.69) is 10.7 Å². The van der Waals surface area contributed by atoms with Gasteiger partial charge in [0.25, 0.3) is 0 Å². The molecule has 2 aliphatic heterocycles. The predicted molar refractivity (Wildman–Crippen MR) is 107 cm³/mol. The topological polar surface area (TPSA) is 70.7 Å². The lowest BCUT2D eigenvalue weighted by Crippen LogP contribution is -2.60. The van der Waals surface area contributed by atoms with Gasteiger partial charge in [0.15, 0.2) is 0 Å². The van der Waals surface area contributed by atoms with Gasteiger partial charge in [-0.15, -0.1) is 12.4 Å². The van der Waals surface area contributed by atoms with Crippen LogP contribution in [0.5, 0.6) is 0 Å². The van der Waals surface area contributed by atoms with Crippen molar-refractivity contribution in [1.29, 1.82) is 0 Å². The molecule has 6 nitrogen and oxygen atoms in total. The highest BCUT2D eigenvalue weighted by Crippen LogP contribution is 2.34. The summed E-state index contributed by atoms with van der Waals surface area (Å²) in [7, 11) is 0. The molecule has 27 heavy (non-hydrogen) atoms. The van der Waals surface area contributed by atoms with Crippen LogP contribution in [0.15, 0.2) is 30.3 Å². The van der Waals surface area contributed by atoms with Gasteiger partial charge in [-0.25, -0.2) is 5.01 Å². The number of hydrazine groups is 1. The minimum Gasteiger partial charge on any atom is -0.465 e. The first-order chi connectivity index (χ1) is 12.7. The van der Waals surface area contributed by atoms with Gasteiger partial charge in [0.05, 0.1) is 12.0 Å². The maximum atomic E-state index is 13.4. The highest BCUT2D eigenvalue weighted by atomic mass is 35.5. The first-order valence-electron chi connectivity index (χ1n) is 9.68. The highest BCUT2D eigenvalue weighted by molar-refractivity contribution is 5.88. The van der Waals surface area contributed by atoms with Gasteiger partial charge in [-0.3, -0.25) is 15.0 Å². The summed E-state index contributed by atoms with van der Waals surface area (Å²) in [6.45, 7) is 4.46. The molecule has 0 saturated carbocycles. The van der Waals surface area contributed by atoms with Gasteiger partial charge in [0.1, 0.15) is 6.04 Å². The van der Waals surface area contributed by atoms with E-state index in [-0.39, 0.29) is 30.3 Å². The van der Waals surface area contributed by atoms with Gasteiger partial charge in [-0.2, -0.15) is 0 Å². The Morgan fingerprint density at radius 1 is 1.22 bits per heavy atom. The number of benzene rings is 1. The minimum atomic E-state index is -0.552. The number of amides is 1. The molecule has 0 spiro atoms. The summed E-state index contributed by atoms with van der Waals surface area (Å²) in [4.78, 5) is 25.7. The number of nitrogens with one attached hydrogen (secondary N) is 2. The van der Waals surface area contributed by atoms with E-state index in [0.717, 1.165) is 50.8 Å². The van der Waals surface area contributed by atoms with Gasteiger partial charge < -0.3 is 10.1 Å². The third kappa shape index (κ3) is 4.81. The van der Waals surface area contributed by atoms with Gasteiger partial charge >= 0.3 is 5.97 Å². The van der Waals surface area contributed by atoms with Crippen LogP contribution >= 0.6 is 12.4 Å². The van der Waals surface area contributed by atoms with Gasteiger partial charge in [-0.05, 0) is 57.7 Å². The maximum absolute atomic E-state index is 13.4. The van der Waals surface area contributed by atoms with E-state index in [1.54, 1.807) is 5.01 Å². The van der Waals surface area contributed by atoms with Crippen molar-refractivity contribution in [1.82, 2.24) is 15.8 Å². The molecule has 1 atom stereocenters. The molecular formula is C20H30ClN3O3. The van der Waals surface area contributed by atoms with E-state index >= 15 is 0 Å². The molecule has 7 heteroatoms. The average molecular weight is 396 g/mol. The van der Waals surface area contributed by atoms with Crippen LogP contribution in [0.2, 0.25) is 0 Å². The molecule has 0 radical (unpaired) electrons. The van der Waals surface area contributed by atoms with Crippen molar-refractivity contribution in [3.63, 3.8) is 0 Å². The number of carbonyl (C=O) groups is 2. The molecule has 2 aliphatic rings. The lowest BCUT2D eigenvalue weighted by atomic mass is 9.72. The largest absolute Gasteiger partial charge is 0.465 e. The van der Waals surface area contributed by atoms with Crippen LogP contribution in [0.4, 0.5) is 0 Å². The molecule has 2 fully saturated rings. The third-order valence-corrected chi connectivity index (χ3v) is 5.52. The standard InChI is InChI=1S/C20H29N3O3.ClH/c1-2-26-18(24)17-10-6-7-15-23(17)22-19(25)20(11-13-21-14-12-20)16-8-4-3-5-9-16;/h3-5,8-9,17,21H,2,6-7,10-15H2,1H3,(H,22,25);1H. The second-order valence-electron chi connectivity index (χ2n) is 7.10. The Bertz CT molecular complexity index is 620.